The van der Waals surface area contributed by atoms with Gasteiger partial charge >= 0.3 is 0 Å². The summed E-state index contributed by atoms with van der Waals surface area (Å²) in [7, 11) is 0. The van der Waals surface area contributed by atoms with Gasteiger partial charge in [-0.25, -0.2) is 0 Å². The average Bonchev–Trinajstić information content (AvgIpc) is 3.83. The molecule has 0 fully saturated rings. The maximum Gasteiger partial charge on any atom is 0.136 e. The molecule has 0 saturated carbocycles. The van der Waals surface area contributed by atoms with Crippen LogP contribution < -0.4 is 4.90 Å². The van der Waals surface area contributed by atoms with Gasteiger partial charge in [-0.1, -0.05) is 123 Å². The lowest BCUT2D eigenvalue weighted by molar-refractivity contribution is 0.660. The highest BCUT2D eigenvalue weighted by atomic mass is 32.1. The normalized spacial score (nSPS) is 13.3. The van der Waals surface area contributed by atoms with Crippen LogP contribution in [0.5, 0.6) is 0 Å². The summed E-state index contributed by atoms with van der Waals surface area (Å²) in [6.07, 6.45) is 0. The summed E-state index contributed by atoms with van der Waals surface area (Å²) in [4.78, 5) is 2.43. The van der Waals surface area contributed by atoms with Crippen LogP contribution in [0.2, 0.25) is 0 Å². The molecule has 2 heterocycles. The zero-order valence-electron chi connectivity index (χ0n) is 28.9. The number of fused-ring (bicyclic) bond motifs is 11. The third-order valence-corrected chi connectivity index (χ3v) is 12.4. The molecule has 0 amide bonds. The molecular formula is C49H33NOS. The summed E-state index contributed by atoms with van der Waals surface area (Å²) in [5.41, 5.74) is 13.0. The summed E-state index contributed by atoms with van der Waals surface area (Å²) >= 11 is 1.86. The minimum Gasteiger partial charge on any atom is -0.456 e. The summed E-state index contributed by atoms with van der Waals surface area (Å²) in [5, 5.41) is 7.38. The summed E-state index contributed by atoms with van der Waals surface area (Å²) in [6.45, 7) is 4.71. The van der Waals surface area contributed by atoms with E-state index in [0.29, 0.717) is 0 Å². The van der Waals surface area contributed by atoms with Crippen LogP contribution in [-0.4, -0.2) is 0 Å². The van der Waals surface area contributed by atoms with E-state index in [0.717, 1.165) is 33.6 Å². The molecule has 2 nitrogen and oxygen atoms in total. The van der Waals surface area contributed by atoms with Gasteiger partial charge in [0.25, 0.3) is 0 Å². The van der Waals surface area contributed by atoms with E-state index in [1.54, 1.807) is 0 Å². The second-order valence-electron chi connectivity index (χ2n) is 14.5. The van der Waals surface area contributed by atoms with E-state index in [1.165, 1.54) is 69.7 Å². The van der Waals surface area contributed by atoms with Crippen molar-refractivity contribution in [3.63, 3.8) is 0 Å². The van der Waals surface area contributed by atoms with Crippen molar-refractivity contribution in [2.45, 2.75) is 19.3 Å². The molecule has 246 valence electrons. The lowest BCUT2D eigenvalue weighted by Crippen LogP contribution is -2.16. The zero-order chi connectivity index (χ0) is 34.6. The summed E-state index contributed by atoms with van der Waals surface area (Å²) in [6, 6.07) is 60.0. The molecule has 0 aliphatic heterocycles. The summed E-state index contributed by atoms with van der Waals surface area (Å²) in [5.74, 6) is 0. The van der Waals surface area contributed by atoms with Gasteiger partial charge < -0.3 is 9.32 Å². The number of thiophene rings is 1. The van der Waals surface area contributed by atoms with Gasteiger partial charge in [-0.05, 0) is 93.4 Å². The molecule has 8 aromatic carbocycles. The van der Waals surface area contributed by atoms with Gasteiger partial charge in [-0.15, -0.1) is 11.3 Å². The number of hydrogen-bond acceptors (Lipinski definition) is 3. The topological polar surface area (TPSA) is 16.4 Å². The highest BCUT2D eigenvalue weighted by Crippen LogP contribution is 2.51. The van der Waals surface area contributed by atoms with Crippen LogP contribution >= 0.6 is 11.3 Å². The van der Waals surface area contributed by atoms with Crippen LogP contribution in [0.1, 0.15) is 25.0 Å². The number of furan rings is 1. The molecule has 0 saturated heterocycles. The van der Waals surface area contributed by atoms with Gasteiger partial charge in [0.2, 0.25) is 0 Å². The van der Waals surface area contributed by atoms with E-state index < -0.39 is 0 Å². The van der Waals surface area contributed by atoms with Crippen LogP contribution in [0.15, 0.2) is 168 Å². The Labute approximate surface area is 305 Å². The molecule has 0 spiro atoms. The number of hydrogen-bond donors (Lipinski definition) is 0. The molecule has 3 heteroatoms. The quantitative estimate of drug-likeness (QED) is 0.184. The van der Waals surface area contributed by atoms with E-state index in [1.807, 2.05) is 17.4 Å². The van der Waals surface area contributed by atoms with Crippen molar-refractivity contribution in [1.29, 1.82) is 0 Å². The molecule has 0 atom stereocenters. The number of anilines is 3. The Bertz CT molecular complexity index is 3050. The third-order valence-electron chi connectivity index (χ3n) is 11.3. The summed E-state index contributed by atoms with van der Waals surface area (Å²) < 4.78 is 8.92. The Morgan fingerprint density at radius 2 is 1.15 bits per heavy atom. The maximum absolute atomic E-state index is 6.31. The van der Waals surface area contributed by atoms with Crippen molar-refractivity contribution in [2.75, 3.05) is 4.90 Å². The van der Waals surface area contributed by atoms with Crippen molar-refractivity contribution in [2.24, 2.45) is 0 Å². The molecule has 0 radical (unpaired) electrons. The van der Waals surface area contributed by atoms with Crippen molar-refractivity contribution in [3.05, 3.63) is 175 Å². The maximum atomic E-state index is 6.31. The number of benzene rings is 8. The zero-order valence-corrected chi connectivity index (χ0v) is 29.7. The Hall–Kier alpha value is -6.16. The standard InChI is InChI=1S/C49H33NOS/c1-49(2)41-15-6-3-11-36(41)37-25-23-33(28-42(37)49)50(34-24-26-39-38-12-5-8-17-45(38)52-46(39)29-34)32-21-18-30(19-22-32)35-14-9-10-31-20-27-44-48(47(31)35)40-13-4-7-16-43(40)51-44/h3-29H,1-2H3. The monoisotopic (exact) mass is 683 g/mol. The second kappa shape index (κ2) is 10.9. The fourth-order valence-electron chi connectivity index (χ4n) is 8.76. The lowest BCUT2D eigenvalue weighted by Gasteiger charge is -2.28. The first-order chi connectivity index (χ1) is 25.5. The number of nitrogens with zero attached hydrogens (tertiary/aromatic N) is 1. The SMILES string of the molecule is CC1(C)c2ccccc2-c2ccc(N(c3ccc(-c4cccc5ccc6oc7ccccc7c6c45)cc3)c3ccc4c(c3)sc3ccccc34)cc21. The van der Waals surface area contributed by atoms with E-state index >= 15 is 0 Å². The molecule has 10 aromatic rings. The number of rotatable bonds is 4. The predicted molar refractivity (Wildman–Crippen MR) is 222 cm³/mol. The van der Waals surface area contributed by atoms with Gasteiger partial charge in [-0.2, -0.15) is 0 Å². The van der Waals surface area contributed by atoms with Gasteiger partial charge in [0.05, 0.1) is 0 Å². The number of para-hydroxylation sites is 1. The van der Waals surface area contributed by atoms with Crippen LogP contribution in [0, 0.1) is 0 Å². The first kappa shape index (κ1) is 29.6. The molecule has 52 heavy (non-hydrogen) atoms. The second-order valence-corrected chi connectivity index (χ2v) is 15.6. The molecule has 1 aliphatic carbocycles. The minimum atomic E-state index is -0.0934. The van der Waals surface area contributed by atoms with E-state index in [2.05, 4.69) is 176 Å². The van der Waals surface area contributed by atoms with Crippen molar-refractivity contribution < 1.29 is 4.42 Å². The third kappa shape index (κ3) is 4.23. The molecule has 0 N–H and O–H groups in total. The van der Waals surface area contributed by atoms with Crippen molar-refractivity contribution in [1.82, 2.24) is 0 Å². The van der Waals surface area contributed by atoms with Gasteiger partial charge in [0.1, 0.15) is 11.2 Å². The predicted octanol–water partition coefficient (Wildman–Crippen LogP) is 14.6. The molecule has 0 bridgehead atoms. The average molecular weight is 684 g/mol. The molecule has 2 aromatic heterocycles. The Kier molecular flexibility index (Phi) is 6.21. The van der Waals surface area contributed by atoms with Gasteiger partial charge in [-0.3, -0.25) is 0 Å². The highest BCUT2D eigenvalue weighted by Gasteiger charge is 2.35. The molecule has 0 unspecified atom stereocenters. The Morgan fingerprint density at radius 1 is 0.462 bits per heavy atom. The van der Waals surface area contributed by atoms with E-state index in [9.17, 15) is 0 Å². The van der Waals surface area contributed by atoms with Crippen molar-refractivity contribution in [3.8, 4) is 22.3 Å². The highest BCUT2D eigenvalue weighted by molar-refractivity contribution is 7.25. The lowest BCUT2D eigenvalue weighted by atomic mass is 9.82. The Balaban J connectivity index is 1.09. The fourth-order valence-corrected chi connectivity index (χ4v) is 9.90. The van der Waals surface area contributed by atoms with Crippen molar-refractivity contribution >= 4 is 81.3 Å². The van der Waals surface area contributed by atoms with E-state index in [-0.39, 0.29) is 5.41 Å². The van der Waals surface area contributed by atoms with Gasteiger partial charge in [0.15, 0.2) is 0 Å². The van der Waals surface area contributed by atoms with Crippen LogP contribution in [0.3, 0.4) is 0 Å². The largest absolute Gasteiger partial charge is 0.456 e. The first-order valence-corrected chi connectivity index (χ1v) is 18.7. The van der Waals surface area contributed by atoms with Crippen LogP contribution in [0.4, 0.5) is 17.1 Å². The smallest absolute Gasteiger partial charge is 0.136 e. The van der Waals surface area contributed by atoms with E-state index in [4.69, 9.17) is 4.42 Å². The van der Waals surface area contributed by atoms with Crippen LogP contribution in [-0.2, 0) is 5.41 Å². The Morgan fingerprint density at radius 3 is 2.06 bits per heavy atom. The van der Waals surface area contributed by atoms with Gasteiger partial charge in [0, 0.05) is 58.8 Å². The first-order valence-electron chi connectivity index (χ1n) is 17.9. The minimum absolute atomic E-state index is 0.0934. The fraction of sp³-hybridized carbons (Fsp3) is 0.0612. The molecular weight excluding hydrogens is 651 g/mol. The molecule has 11 rings (SSSR count). The van der Waals surface area contributed by atoms with Crippen LogP contribution in [0.25, 0.3) is 75.1 Å². The molecule has 1 aliphatic rings.